The standard InChI is InChI=1S/C22H25N3O3S2/c1-15-4-6-16(7-5-15)12-21(26)23-22-25(18-10-8-17(9-11-18)24(2)3)19-13-30(27,28)14-20(19)29-22/h4-11,19-20H,12-14H2,1-3H3/t19-,20+/m1/s1. The first kappa shape index (κ1) is 20.9. The Morgan fingerprint density at radius 2 is 1.77 bits per heavy atom. The smallest absolute Gasteiger partial charge is 0.252 e. The number of carbonyl (C=O) groups excluding carboxylic acids is 1. The Kier molecular flexibility index (Phi) is 5.63. The van der Waals surface area contributed by atoms with Crippen LogP contribution in [0.1, 0.15) is 11.1 Å². The molecule has 6 nitrogen and oxygen atoms in total. The number of thioether (sulfide) groups is 1. The maximum Gasteiger partial charge on any atom is 0.252 e. The highest BCUT2D eigenvalue weighted by molar-refractivity contribution is 8.16. The van der Waals surface area contributed by atoms with Gasteiger partial charge in [0.15, 0.2) is 15.0 Å². The highest BCUT2D eigenvalue weighted by Gasteiger charge is 2.49. The first-order chi connectivity index (χ1) is 14.2. The fourth-order valence-electron chi connectivity index (χ4n) is 3.80. The number of carbonyl (C=O) groups is 1. The Morgan fingerprint density at radius 1 is 1.10 bits per heavy atom. The van der Waals surface area contributed by atoms with Crippen LogP contribution in [0.25, 0.3) is 0 Å². The van der Waals surface area contributed by atoms with Crippen molar-refractivity contribution in [2.45, 2.75) is 24.6 Å². The molecule has 8 heteroatoms. The number of aryl methyl sites for hydroxylation is 1. The van der Waals surface area contributed by atoms with E-state index in [9.17, 15) is 13.2 Å². The van der Waals surface area contributed by atoms with Crippen molar-refractivity contribution in [3.63, 3.8) is 0 Å². The number of hydrogen-bond acceptors (Lipinski definition) is 5. The third kappa shape index (κ3) is 4.39. The van der Waals surface area contributed by atoms with Gasteiger partial charge in [-0.15, -0.1) is 0 Å². The molecule has 0 aliphatic carbocycles. The lowest BCUT2D eigenvalue weighted by atomic mass is 10.1. The zero-order chi connectivity index (χ0) is 21.5. The van der Waals surface area contributed by atoms with E-state index in [0.29, 0.717) is 5.17 Å². The summed E-state index contributed by atoms with van der Waals surface area (Å²) >= 11 is 1.40. The van der Waals surface area contributed by atoms with Gasteiger partial charge in [0.05, 0.1) is 24.0 Å². The molecule has 30 heavy (non-hydrogen) atoms. The van der Waals surface area contributed by atoms with E-state index in [2.05, 4.69) is 4.99 Å². The average Bonchev–Trinajstić information content (AvgIpc) is 3.14. The van der Waals surface area contributed by atoms with Crippen molar-refractivity contribution in [2.75, 3.05) is 35.4 Å². The van der Waals surface area contributed by atoms with Crippen LogP contribution in [0.3, 0.4) is 0 Å². The Hall–Kier alpha value is -2.32. The molecule has 2 fully saturated rings. The summed E-state index contributed by atoms with van der Waals surface area (Å²) < 4.78 is 24.4. The first-order valence-electron chi connectivity index (χ1n) is 9.82. The van der Waals surface area contributed by atoms with E-state index in [1.807, 2.05) is 79.3 Å². The van der Waals surface area contributed by atoms with E-state index in [1.165, 1.54) is 11.8 Å². The van der Waals surface area contributed by atoms with Gasteiger partial charge in [-0.25, -0.2) is 8.42 Å². The normalized spacial score (nSPS) is 23.6. The number of anilines is 2. The van der Waals surface area contributed by atoms with Gasteiger partial charge in [-0.2, -0.15) is 4.99 Å². The lowest BCUT2D eigenvalue weighted by molar-refractivity contribution is -0.117. The molecule has 0 saturated carbocycles. The van der Waals surface area contributed by atoms with E-state index in [0.717, 1.165) is 22.5 Å². The van der Waals surface area contributed by atoms with Gasteiger partial charge in [-0.05, 0) is 36.8 Å². The van der Waals surface area contributed by atoms with Gasteiger partial charge in [-0.3, -0.25) is 4.79 Å². The lowest BCUT2D eigenvalue weighted by Crippen LogP contribution is -2.37. The summed E-state index contributed by atoms with van der Waals surface area (Å²) in [6.45, 7) is 2.01. The molecular formula is C22H25N3O3S2. The van der Waals surface area contributed by atoms with Crippen molar-refractivity contribution >= 4 is 44.0 Å². The molecule has 0 unspecified atom stereocenters. The van der Waals surface area contributed by atoms with Gasteiger partial charge in [0.25, 0.3) is 5.91 Å². The SMILES string of the molecule is Cc1ccc(CC(=O)N=C2S[C@H]3CS(=O)(=O)C[C@H]3N2c2ccc(N(C)C)cc2)cc1. The van der Waals surface area contributed by atoms with Crippen molar-refractivity contribution in [1.29, 1.82) is 0 Å². The molecule has 0 N–H and O–H groups in total. The molecule has 158 valence electrons. The van der Waals surface area contributed by atoms with Gasteiger partial charge in [0.1, 0.15) is 0 Å². The highest BCUT2D eigenvalue weighted by Crippen LogP contribution is 2.41. The van der Waals surface area contributed by atoms with Crippen molar-refractivity contribution in [3.8, 4) is 0 Å². The molecular weight excluding hydrogens is 418 g/mol. The molecule has 2 aromatic carbocycles. The van der Waals surface area contributed by atoms with Crippen LogP contribution in [0.4, 0.5) is 11.4 Å². The van der Waals surface area contributed by atoms with E-state index in [1.54, 1.807) is 0 Å². The number of aliphatic imine (C=N–C) groups is 1. The van der Waals surface area contributed by atoms with Gasteiger partial charge >= 0.3 is 0 Å². The molecule has 4 rings (SSSR count). The van der Waals surface area contributed by atoms with E-state index in [4.69, 9.17) is 0 Å². The van der Waals surface area contributed by atoms with Crippen molar-refractivity contribution in [2.24, 2.45) is 4.99 Å². The summed E-state index contributed by atoms with van der Waals surface area (Å²) in [7, 11) is 0.855. The van der Waals surface area contributed by atoms with Crippen molar-refractivity contribution in [3.05, 3.63) is 59.7 Å². The monoisotopic (exact) mass is 443 g/mol. The molecule has 0 bridgehead atoms. The topological polar surface area (TPSA) is 70.0 Å². The van der Waals surface area contributed by atoms with Gasteiger partial charge < -0.3 is 9.80 Å². The zero-order valence-electron chi connectivity index (χ0n) is 17.3. The molecule has 0 spiro atoms. The number of rotatable bonds is 4. The molecule has 2 atom stereocenters. The van der Waals surface area contributed by atoms with Crippen LogP contribution in [0.2, 0.25) is 0 Å². The van der Waals surface area contributed by atoms with Crippen LogP contribution in [-0.2, 0) is 21.1 Å². The maximum atomic E-state index is 12.7. The second kappa shape index (κ2) is 8.07. The Balaban J connectivity index is 1.62. The van der Waals surface area contributed by atoms with E-state index >= 15 is 0 Å². The first-order valence-corrected chi connectivity index (χ1v) is 12.5. The largest absolute Gasteiger partial charge is 0.378 e. The second-order valence-corrected chi connectivity index (χ2v) is 11.4. The summed E-state index contributed by atoms with van der Waals surface area (Å²) in [5, 5.41) is 0.490. The molecule has 2 saturated heterocycles. The minimum absolute atomic E-state index is 0.0886. The molecule has 1 amide bonds. The second-order valence-electron chi connectivity index (χ2n) is 8.03. The number of benzene rings is 2. The number of nitrogens with zero attached hydrogens (tertiary/aromatic N) is 3. The number of fused-ring (bicyclic) bond motifs is 1. The summed E-state index contributed by atoms with van der Waals surface area (Å²) in [5.41, 5.74) is 3.97. The minimum Gasteiger partial charge on any atom is -0.378 e. The van der Waals surface area contributed by atoms with Crippen LogP contribution in [0, 0.1) is 6.92 Å². The Bertz CT molecular complexity index is 1080. The molecule has 2 heterocycles. The zero-order valence-corrected chi connectivity index (χ0v) is 18.9. The van der Waals surface area contributed by atoms with Gasteiger partial charge in [0, 0.05) is 30.7 Å². The number of hydrogen-bond donors (Lipinski definition) is 0. The number of amides is 1. The van der Waals surface area contributed by atoms with Crippen LogP contribution in [-0.4, -0.2) is 56.4 Å². The lowest BCUT2D eigenvalue weighted by Gasteiger charge is -2.25. The average molecular weight is 444 g/mol. The van der Waals surface area contributed by atoms with Gasteiger partial charge in [0.2, 0.25) is 0 Å². The highest BCUT2D eigenvalue weighted by atomic mass is 32.2. The summed E-state index contributed by atoms with van der Waals surface area (Å²) in [4.78, 5) is 21.0. The van der Waals surface area contributed by atoms with Crippen molar-refractivity contribution in [1.82, 2.24) is 0 Å². The quantitative estimate of drug-likeness (QED) is 0.724. The Morgan fingerprint density at radius 3 is 2.40 bits per heavy atom. The predicted octanol–water partition coefficient (Wildman–Crippen LogP) is 2.91. The minimum atomic E-state index is -3.08. The third-order valence-corrected chi connectivity index (χ3v) is 8.62. The molecule has 0 aromatic heterocycles. The summed E-state index contributed by atoms with van der Waals surface area (Å²) in [6.07, 6.45) is 0.228. The molecule has 2 aromatic rings. The maximum absolute atomic E-state index is 12.7. The van der Waals surface area contributed by atoms with Crippen LogP contribution in [0.15, 0.2) is 53.5 Å². The van der Waals surface area contributed by atoms with Crippen LogP contribution in [0.5, 0.6) is 0 Å². The predicted molar refractivity (Wildman–Crippen MR) is 124 cm³/mol. The fraction of sp³-hybridized carbons (Fsp3) is 0.364. The fourth-order valence-corrected chi connectivity index (χ4v) is 7.74. The van der Waals surface area contributed by atoms with E-state index in [-0.39, 0.29) is 35.1 Å². The molecule has 2 aliphatic rings. The van der Waals surface area contributed by atoms with Crippen LogP contribution < -0.4 is 9.80 Å². The number of amidine groups is 1. The number of sulfone groups is 1. The van der Waals surface area contributed by atoms with E-state index < -0.39 is 9.84 Å². The summed E-state index contributed by atoms with van der Waals surface area (Å²) in [6, 6.07) is 15.5. The Labute approximate surface area is 181 Å². The van der Waals surface area contributed by atoms with Crippen molar-refractivity contribution < 1.29 is 13.2 Å². The van der Waals surface area contributed by atoms with Crippen LogP contribution >= 0.6 is 11.8 Å². The van der Waals surface area contributed by atoms with Gasteiger partial charge in [-0.1, -0.05) is 41.6 Å². The third-order valence-electron chi connectivity index (χ3n) is 5.41. The molecule has 0 radical (unpaired) electrons. The summed E-state index contributed by atoms with van der Waals surface area (Å²) in [5.74, 6) is -0.00971. The molecule has 2 aliphatic heterocycles.